The van der Waals surface area contributed by atoms with E-state index in [0.29, 0.717) is 77.0 Å². The Kier molecular flexibility index (Phi) is 27.6. The minimum atomic E-state index is -0.984. The van der Waals surface area contributed by atoms with E-state index in [1.165, 1.54) is 43.5 Å². The largest absolute Gasteiger partial charge is 0.465 e. The SMILES string of the molecule is C=CC(=O)OCCCCOC(=O)C1CCC(C(=O)Oc2ccc(OC(=O)C3CCC(C(=O)Oc4ccc(OC(=O)C5CCC(C(=O)OCCCCOC(=O)C=C)CC5)c(C(=O)OCCOC(=O)C=C)c4)CC3)cc2C(=O)OCCOC)CC1. The van der Waals surface area contributed by atoms with Crippen LogP contribution < -0.4 is 18.9 Å². The standard InChI is InChI=1S/C60H72O23/c1-5-50(61)73-28-8-10-30-76-53(64)38-12-16-42(17-13-38)57(68)82-48-26-24-44(36-46(48)59(70)78-33-32-72-4)80-55(66)40-20-22-41(23-21-40)56(67)81-45-25-27-49(47(37-45)60(71)79-35-34-75-52(63)7-3)83-58(69)43-18-14-39(15-19-43)54(65)77-31-11-9-29-74-51(62)6-2/h5-7,24-27,36-43H,1-3,8-23,28-35H2,4H3. The van der Waals surface area contributed by atoms with E-state index in [4.69, 9.17) is 56.8 Å². The second-order valence-corrected chi connectivity index (χ2v) is 19.8. The zero-order valence-corrected chi connectivity index (χ0v) is 46.6. The van der Waals surface area contributed by atoms with Gasteiger partial charge in [-0.25, -0.2) is 24.0 Å². The fraction of sp³-hybridized carbons (Fsp3) is 0.517. The van der Waals surface area contributed by atoms with Gasteiger partial charge in [0.25, 0.3) is 0 Å². The van der Waals surface area contributed by atoms with Gasteiger partial charge in [-0.2, -0.15) is 0 Å². The molecule has 3 saturated carbocycles. The summed E-state index contributed by atoms with van der Waals surface area (Å²) in [6.45, 7) is 9.90. The molecule has 0 radical (unpaired) electrons. The molecule has 450 valence electrons. The van der Waals surface area contributed by atoms with Crippen LogP contribution in [0.3, 0.4) is 0 Å². The number of unbranched alkanes of at least 4 members (excludes halogenated alkanes) is 2. The van der Waals surface area contributed by atoms with Gasteiger partial charge in [0.2, 0.25) is 0 Å². The van der Waals surface area contributed by atoms with Crippen molar-refractivity contribution >= 4 is 65.7 Å². The molecular weight excluding hydrogens is 1090 g/mol. The minimum absolute atomic E-state index is 0.0337. The highest BCUT2D eigenvalue weighted by Gasteiger charge is 2.36. The van der Waals surface area contributed by atoms with Crippen molar-refractivity contribution in [2.24, 2.45) is 35.5 Å². The van der Waals surface area contributed by atoms with Crippen molar-refractivity contribution in [1.82, 2.24) is 0 Å². The molecule has 23 heteroatoms. The zero-order valence-electron chi connectivity index (χ0n) is 46.6. The van der Waals surface area contributed by atoms with Gasteiger partial charge in [0, 0.05) is 25.3 Å². The number of esters is 11. The van der Waals surface area contributed by atoms with Crippen LogP contribution in [0.25, 0.3) is 0 Å². The quantitative estimate of drug-likeness (QED) is 0.0236. The van der Waals surface area contributed by atoms with Gasteiger partial charge in [-0.1, -0.05) is 19.7 Å². The fourth-order valence-electron chi connectivity index (χ4n) is 9.28. The Labute approximate surface area is 480 Å². The first-order chi connectivity index (χ1) is 40.0. The normalized spacial score (nSPS) is 19.1. The first-order valence-corrected chi connectivity index (χ1v) is 27.7. The topological polar surface area (TPSA) is 299 Å². The molecule has 3 aliphatic carbocycles. The van der Waals surface area contributed by atoms with E-state index in [1.54, 1.807) is 0 Å². The molecule has 2 aromatic rings. The molecule has 0 aliphatic heterocycles. The summed E-state index contributed by atoms with van der Waals surface area (Å²) in [6.07, 6.45) is 8.67. The predicted octanol–water partition coefficient (Wildman–Crippen LogP) is 7.22. The molecule has 0 heterocycles. The lowest BCUT2D eigenvalue weighted by Crippen LogP contribution is -2.30. The lowest BCUT2D eigenvalue weighted by molar-refractivity contribution is -0.152. The average molecular weight is 1160 g/mol. The summed E-state index contributed by atoms with van der Waals surface area (Å²) in [4.78, 5) is 140. The van der Waals surface area contributed by atoms with Gasteiger partial charge < -0.3 is 56.8 Å². The molecule has 3 aliphatic rings. The maximum absolute atomic E-state index is 13.6. The third kappa shape index (κ3) is 21.9. The molecular formula is C60H72O23. The van der Waals surface area contributed by atoms with E-state index in [9.17, 15) is 52.7 Å². The second-order valence-electron chi connectivity index (χ2n) is 19.8. The fourth-order valence-corrected chi connectivity index (χ4v) is 9.28. The van der Waals surface area contributed by atoms with Crippen LogP contribution in [0.5, 0.6) is 23.0 Å². The molecule has 23 nitrogen and oxygen atoms in total. The van der Waals surface area contributed by atoms with Gasteiger partial charge in [-0.05, 0) is 139 Å². The van der Waals surface area contributed by atoms with Gasteiger partial charge in [0.05, 0.1) is 68.5 Å². The molecule has 83 heavy (non-hydrogen) atoms. The number of ether oxygens (including phenoxy) is 12. The third-order valence-corrected chi connectivity index (χ3v) is 14.0. The smallest absolute Gasteiger partial charge is 0.342 e. The van der Waals surface area contributed by atoms with E-state index in [1.807, 2.05) is 0 Å². The van der Waals surface area contributed by atoms with Gasteiger partial charge in [0.15, 0.2) is 0 Å². The zero-order chi connectivity index (χ0) is 60.1. The van der Waals surface area contributed by atoms with E-state index >= 15 is 0 Å². The van der Waals surface area contributed by atoms with Crippen LogP contribution in [0, 0.1) is 35.5 Å². The highest BCUT2D eigenvalue weighted by Crippen LogP contribution is 2.37. The van der Waals surface area contributed by atoms with Crippen LogP contribution in [0.15, 0.2) is 74.4 Å². The molecule has 0 amide bonds. The Hall–Kier alpha value is -8.21. The van der Waals surface area contributed by atoms with Crippen molar-refractivity contribution in [2.45, 2.75) is 103 Å². The van der Waals surface area contributed by atoms with Crippen molar-refractivity contribution in [3.63, 3.8) is 0 Å². The van der Waals surface area contributed by atoms with Crippen LogP contribution in [0.1, 0.15) is 123 Å². The van der Waals surface area contributed by atoms with Crippen LogP contribution in [0.2, 0.25) is 0 Å². The molecule has 0 saturated heterocycles. The van der Waals surface area contributed by atoms with Crippen LogP contribution >= 0.6 is 0 Å². The highest BCUT2D eigenvalue weighted by molar-refractivity contribution is 5.95. The molecule has 0 aromatic heterocycles. The summed E-state index contributed by atoms with van der Waals surface area (Å²) < 4.78 is 63.9. The van der Waals surface area contributed by atoms with Crippen LogP contribution in [-0.2, 0) is 81.0 Å². The Bertz CT molecular complexity index is 2630. The molecule has 0 bridgehead atoms. The van der Waals surface area contributed by atoms with Gasteiger partial charge in [-0.15, -0.1) is 0 Å². The summed E-state index contributed by atoms with van der Waals surface area (Å²) >= 11 is 0. The number of methoxy groups -OCH3 is 1. The number of hydrogen-bond donors (Lipinski definition) is 0. The second kappa shape index (κ2) is 34.9. The summed E-state index contributed by atoms with van der Waals surface area (Å²) in [5.74, 6) is -10.8. The maximum atomic E-state index is 13.6. The highest BCUT2D eigenvalue weighted by atomic mass is 16.6. The first-order valence-electron chi connectivity index (χ1n) is 27.7. The minimum Gasteiger partial charge on any atom is -0.465 e. The van der Waals surface area contributed by atoms with Gasteiger partial charge in [-0.3, -0.25) is 28.8 Å². The van der Waals surface area contributed by atoms with Gasteiger partial charge >= 0.3 is 65.7 Å². The molecule has 0 unspecified atom stereocenters. The summed E-state index contributed by atoms with van der Waals surface area (Å²) in [5.41, 5.74) is -0.454. The van der Waals surface area contributed by atoms with Crippen molar-refractivity contribution in [2.75, 3.05) is 60.0 Å². The summed E-state index contributed by atoms with van der Waals surface area (Å²) in [5, 5.41) is 0. The van der Waals surface area contributed by atoms with Crippen molar-refractivity contribution in [3.05, 3.63) is 85.5 Å². The summed E-state index contributed by atoms with van der Waals surface area (Å²) in [6, 6.07) is 7.71. The van der Waals surface area contributed by atoms with Crippen molar-refractivity contribution in [3.8, 4) is 23.0 Å². The Morgan fingerprint density at radius 1 is 0.361 bits per heavy atom. The van der Waals surface area contributed by atoms with Crippen molar-refractivity contribution < 1.29 is 110 Å². The Balaban J connectivity index is 1.13. The Morgan fingerprint density at radius 2 is 0.639 bits per heavy atom. The molecule has 0 spiro atoms. The number of hydrogen-bond acceptors (Lipinski definition) is 23. The number of carbonyl (C=O) groups is 11. The van der Waals surface area contributed by atoms with Crippen LogP contribution in [0.4, 0.5) is 0 Å². The van der Waals surface area contributed by atoms with E-state index in [0.717, 1.165) is 18.2 Å². The Morgan fingerprint density at radius 3 is 0.964 bits per heavy atom. The van der Waals surface area contributed by atoms with E-state index < -0.39 is 95.2 Å². The van der Waals surface area contributed by atoms with E-state index in [2.05, 4.69) is 19.7 Å². The van der Waals surface area contributed by atoms with Gasteiger partial charge in [0.1, 0.15) is 53.9 Å². The molecule has 5 rings (SSSR count). The van der Waals surface area contributed by atoms with Crippen molar-refractivity contribution in [1.29, 1.82) is 0 Å². The monoisotopic (exact) mass is 1160 g/mol. The average Bonchev–Trinajstić information content (AvgIpc) is 3.65. The molecule has 0 atom stereocenters. The summed E-state index contributed by atoms with van der Waals surface area (Å²) in [7, 11) is 1.42. The molecule has 2 aromatic carbocycles. The number of benzene rings is 2. The van der Waals surface area contributed by atoms with E-state index in [-0.39, 0.29) is 119 Å². The molecule has 0 N–H and O–H groups in total. The lowest BCUT2D eigenvalue weighted by atomic mass is 9.82. The maximum Gasteiger partial charge on any atom is 0.342 e. The number of rotatable bonds is 31. The lowest BCUT2D eigenvalue weighted by Gasteiger charge is -2.26. The van der Waals surface area contributed by atoms with Crippen LogP contribution in [-0.4, -0.2) is 126 Å². The predicted molar refractivity (Wildman–Crippen MR) is 288 cm³/mol. The molecule has 3 fully saturated rings. The first kappa shape index (κ1) is 65.6. The number of carbonyl (C=O) groups excluding carboxylic acids is 11. The third-order valence-electron chi connectivity index (χ3n) is 14.0.